The van der Waals surface area contributed by atoms with Crippen LogP contribution in [0.3, 0.4) is 0 Å². The van der Waals surface area contributed by atoms with Crippen molar-refractivity contribution in [3.05, 3.63) is 29.8 Å². The third-order valence-corrected chi connectivity index (χ3v) is 4.40. The third kappa shape index (κ3) is 4.04. The lowest BCUT2D eigenvalue weighted by atomic mass is 10.1. The quantitative estimate of drug-likeness (QED) is 0.780. The van der Waals surface area contributed by atoms with Gasteiger partial charge in [0.25, 0.3) is 0 Å². The summed E-state index contributed by atoms with van der Waals surface area (Å²) in [5.41, 5.74) is 6.04. The zero-order valence-corrected chi connectivity index (χ0v) is 12.1. The maximum Gasteiger partial charge on any atom is 0.240 e. The van der Waals surface area contributed by atoms with E-state index in [1.807, 2.05) is 13.8 Å². The van der Waals surface area contributed by atoms with Crippen LogP contribution in [0.4, 0.5) is 0 Å². The molecule has 0 fully saturated rings. The van der Waals surface area contributed by atoms with E-state index in [9.17, 15) is 8.42 Å². The first-order valence-electron chi connectivity index (χ1n) is 5.76. The summed E-state index contributed by atoms with van der Waals surface area (Å²) in [6.07, 6.45) is 0.926. The molecule has 6 heteroatoms. The normalized spacial score (nSPS) is 13.2. The summed E-state index contributed by atoms with van der Waals surface area (Å²) < 4.78 is 26.6. The van der Waals surface area contributed by atoms with Gasteiger partial charge in [-0.15, -0.1) is 0 Å². The Morgan fingerprint density at radius 2 is 2.17 bits per heavy atom. The van der Waals surface area contributed by atoms with Gasteiger partial charge in [-0.2, -0.15) is 0 Å². The second-order valence-corrected chi connectivity index (χ2v) is 6.46. The molecule has 0 saturated heterocycles. The summed E-state index contributed by atoms with van der Waals surface area (Å²) in [4.78, 5) is 0.380. The lowest BCUT2D eigenvalue weighted by Gasteiger charge is -2.11. The molecule has 1 rings (SSSR count). The first-order chi connectivity index (χ1) is 8.36. The van der Waals surface area contributed by atoms with Gasteiger partial charge in [0, 0.05) is 12.1 Å². The van der Waals surface area contributed by atoms with E-state index >= 15 is 0 Å². The number of hydrogen-bond donors (Lipinski definition) is 2. The minimum Gasteiger partial charge on any atom is -0.389 e. The van der Waals surface area contributed by atoms with Crippen molar-refractivity contribution in [2.24, 2.45) is 11.7 Å². The Hall–Kier alpha value is -0.980. The van der Waals surface area contributed by atoms with Gasteiger partial charge in [0.2, 0.25) is 10.0 Å². The van der Waals surface area contributed by atoms with Crippen LogP contribution in [0.1, 0.15) is 25.8 Å². The summed E-state index contributed by atoms with van der Waals surface area (Å²) in [6.45, 7) is 4.44. The SMILES string of the molecule is CCC(C)CNS(=O)(=O)c1cccc(C(N)=S)c1. The highest BCUT2D eigenvalue weighted by molar-refractivity contribution is 7.89. The van der Waals surface area contributed by atoms with E-state index in [1.54, 1.807) is 12.1 Å². The lowest BCUT2D eigenvalue weighted by molar-refractivity contribution is 0.528. The Labute approximate surface area is 114 Å². The molecule has 4 nitrogen and oxygen atoms in total. The molecule has 3 N–H and O–H groups in total. The van der Waals surface area contributed by atoms with Gasteiger partial charge >= 0.3 is 0 Å². The third-order valence-electron chi connectivity index (χ3n) is 2.75. The van der Waals surface area contributed by atoms with Crippen molar-refractivity contribution in [2.45, 2.75) is 25.2 Å². The van der Waals surface area contributed by atoms with Crippen LogP contribution >= 0.6 is 12.2 Å². The van der Waals surface area contributed by atoms with Crippen LogP contribution in [0.2, 0.25) is 0 Å². The van der Waals surface area contributed by atoms with E-state index < -0.39 is 10.0 Å². The Kier molecular flexibility index (Phi) is 5.25. The van der Waals surface area contributed by atoms with Crippen LogP contribution in [0.5, 0.6) is 0 Å². The second kappa shape index (κ2) is 6.26. The molecule has 0 aliphatic carbocycles. The van der Waals surface area contributed by atoms with Crippen molar-refractivity contribution in [3.63, 3.8) is 0 Å². The Balaban J connectivity index is 2.91. The van der Waals surface area contributed by atoms with Crippen molar-refractivity contribution in [3.8, 4) is 0 Å². The van der Waals surface area contributed by atoms with Crippen molar-refractivity contribution in [1.29, 1.82) is 0 Å². The molecule has 18 heavy (non-hydrogen) atoms. The monoisotopic (exact) mass is 286 g/mol. The lowest BCUT2D eigenvalue weighted by Crippen LogP contribution is -2.28. The first-order valence-corrected chi connectivity index (χ1v) is 7.65. The van der Waals surface area contributed by atoms with Crippen LogP contribution in [0.25, 0.3) is 0 Å². The molecule has 0 aromatic heterocycles. The summed E-state index contributed by atoms with van der Waals surface area (Å²) in [5.74, 6) is 0.304. The highest BCUT2D eigenvalue weighted by Crippen LogP contribution is 2.12. The molecule has 0 aliphatic rings. The standard InChI is InChI=1S/C12H18N2O2S2/c1-3-9(2)8-14-18(15,16)11-6-4-5-10(7-11)12(13)17/h4-7,9,14H,3,8H2,1-2H3,(H2,13,17). The maximum absolute atomic E-state index is 12.0. The summed E-state index contributed by atoms with van der Waals surface area (Å²) in [5, 5.41) is 0. The molecule has 1 unspecified atom stereocenters. The number of nitrogens with two attached hydrogens (primary N) is 1. The highest BCUT2D eigenvalue weighted by atomic mass is 32.2. The van der Waals surface area contributed by atoms with Crippen molar-refractivity contribution in [1.82, 2.24) is 4.72 Å². The fourth-order valence-corrected chi connectivity index (χ4v) is 2.63. The predicted molar refractivity (Wildman–Crippen MR) is 77.0 cm³/mol. The van der Waals surface area contributed by atoms with Gasteiger partial charge in [0.15, 0.2) is 0 Å². The molecular weight excluding hydrogens is 268 g/mol. The van der Waals surface area contributed by atoms with E-state index in [0.717, 1.165) is 6.42 Å². The average molecular weight is 286 g/mol. The second-order valence-electron chi connectivity index (χ2n) is 4.26. The van der Waals surface area contributed by atoms with Gasteiger partial charge in [0.1, 0.15) is 4.99 Å². The summed E-state index contributed by atoms with van der Waals surface area (Å²) in [6, 6.07) is 6.34. The van der Waals surface area contributed by atoms with Crippen LogP contribution in [0, 0.1) is 5.92 Å². The number of thiocarbonyl (C=S) groups is 1. The molecule has 0 bridgehead atoms. The number of hydrogen-bond acceptors (Lipinski definition) is 3. The van der Waals surface area contributed by atoms with Crippen molar-refractivity contribution in [2.75, 3.05) is 6.54 Å². The van der Waals surface area contributed by atoms with Gasteiger partial charge in [-0.1, -0.05) is 44.6 Å². The average Bonchev–Trinajstić information content (AvgIpc) is 2.36. The fourth-order valence-electron chi connectivity index (χ4n) is 1.30. The molecule has 1 aromatic carbocycles. The largest absolute Gasteiger partial charge is 0.389 e. The van der Waals surface area contributed by atoms with Crippen molar-refractivity contribution >= 4 is 27.2 Å². The Bertz CT molecular complexity index is 527. The van der Waals surface area contributed by atoms with E-state index in [-0.39, 0.29) is 9.88 Å². The van der Waals surface area contributed by atoms with Gasteiger partial charge in [0.05, 0.1) is 4.90 Å². The molecule has 0 amide bonds. The van der Waals surface area contributed by atoms with E-state index in [0.29, 0.717) is 18.0 Å². The van der Waals surface area contributed by atoms with Gasteiger partial charge in [-0.25, -0.2) is 13.1 Å². The molecular formula is C12H18N2O2S2. The smallest absolute Gasteiger partial charge is 0.240 e. The summed E-state index contributed by atoms with van der Waals surface area (Å²) in [7, 11) is -3.49. The molecule has 0 radical (unpaired) electrons. The van der Waals surface area contributed by atoms with E-state index in [4.69, 9.17) is 18.0 Å². The van der Waals surface area contributed by atoms with Gasteiger partial charge in [-0.05, 0) is 18.1 Å². The molecule has 100 valence electrons. The maximum atomic E-state index is 12.0. The van der Waals surface area contributed by atoms with E-state index in [2.05, 4.69) is 4.72 Å². The molecule has 1 atom stereocenters. The Morgan fingerprint density at radius 3 is 2.72 bits per heavy atom. The molecule has 0 saturated carbocycles. The van der Waals surface area contributed by atoms with E-state index in [1.165, 1.54) is 12.1 Å². The van der Waals surface area contributed by atoms with Crippen LogP contribution in [0.15, 0.2) is 29.2 Å². The van der Waals surface area contributed by atoms with Crippen LogP contribution < -0.4 is 10.5 Å². The minimum atomic E-state index is -3.49. The van der Waals surface area contributed by atoms with Crippen LogP contribution in [-0.4, -0.2) is 20.0 Å². The fraction of sp³-hybridized carbons (Fsp3) is 0.417. The minimum absolute atomic E-state index is 0.189. The zero-order valence-electron chi connectivity index (χ0n) is 10.5. The summed E-state index contributed by atoms with van der Waals surface area (Å²) >= 11 is 4.83. The molecule has 0 heterocycles. The van der Waals surface area contributed by atoms with Crippen molar-refractivity contribution < 1.29 is 8.42 Å². The zero-order chi connectivity index (χ0) is 13.8. The highest BCUT2D eigenvalue weighted by Gasteiger charge is 2.15. The number of rotatable bonds is 6. The Morgan fingerprint density at radius 1 is 1.50 bits per heavy atom. The first kappa shape index (κ1) is 15.1. The molecule has 0 aliphatic heterocycles. The molecule has 0 spiro atoms. The molecule has 1 aromatic rings. The van der Waals surface area contributed by atoms with Crippen LogP contribution in [-0.2, 0) is 10.0 Å². The predicted octanol–water partition coefficient (Wildman–Crippen LogP) is 1.65. The topological polar surface area (TPSA) is 72.2 Å². The number of benzene rings is 1. The number of sulfonamides is 1. The number of nitrogens with one attached hydrogen (secondary N) is 1. The van der Waals surface area contributed by atoms with Gasteiger partial charge in [-0.3, -0.25) is 0 Å². The van der Waals surface area contributed by atoms with Gasteiger partial charge < -0.3 is 5.73 Å².